The lowest BCUT2D eigenvalue weighted by molar-refractivity contribution is 0.0518. The van der Waals surface area contributed by atoms with Gasteiger partial charge < -0.3 is 4.74 Å². The zero-order valence-electron chi connectivity index (χ0n) is 8.84. The van der Waals surface area contributed by atoms with Gasteiger partial charge in [0, 0.05) is 9.80 Å². The fourth-order valence-corrected chi connectivity index (χ4v) is 2.26. The molecular weight excluding hydrogens is 364 g/mol. The minimum atomic E-state index is -2.65. The largest absolute Gasteiger partial charge is 0.461 e. The second kappa shape index (κ2) is 6.39. The van der Waals surface area contributed by atoms with E-state index in [1.807, 2.05) is 0 Å². The van der Waals surface area contributed by atoms with Crippen molar-refractivity contribution in [3.8, 4) is 0 Å². The molecule has 1 heterocycles. The summed E-state index contributed by atoms with van der Waals surface area (Å²) in [4.78, 5) is 15.3. The molecule has 0 amide bonds. The van der Waals surface area contributed by atoms with Crippen LogP contribution in [0.2, 0.25) is 0 Å². The summed E-state index contributed by atoms with van der Waals surface area (Å²) in [6.45, 7) is 1.87. The van der Waals surface area contributed by atoms with Gasteiger partial charge in [-0.3, -0.25) is 0 Å². The van der Waals surface area contributed by atoms with Crippen LogP contribution in [0, 0.1) is 0 Å². The van der Waals surface area contributed by atoms with Crippen molar-refractivity contribution in [2.24, 2.45) is 0 Å². The van der Waals surface area contributed by atoms with Crippen LogP contribution in [0.4, 0.5) is 8.78 Å². The van der Waals surface area contributed by atoms with E-state index in [2.05, 4.69) is 36.8 Å². The Bertz CT molecular complexity index is 427. The first-order chi connectivity index (χ1) is 8.01. The molecule has 0 aliphatic heterocycles. The van der Waals surface area contributed by atoms with Gasteiger partial charge in [0.2, 0.25) is 0 Å². The molecule has 0 saturated heterocycles. The number of alkyl halides is 3. The summed E-state index contributed by atoms with van der Waals surface area (Å²) < 4.78 is 30.4. The predicted molar refractivity (Wildman–Crippen MR) is 65.5 cm³/mol. The van der Waals surface area contributed by atoms with Crippen LogP contribution >= 0.6 is 31.9 Å². The van der Waals surface area contributed by atoms with Crippen LogP contribution in [0.3, 0.4) is 0 Å². The zero-order chi connectivity index (χ0) is 13.0. The summed E-state index contributed by atoms with van der Waals surface area (Å²) in [5.41, 5.74) is -0.0788. The van der Waals surface area contributed by atoms with E-state index in [0.717, 1.165) is 0 Å². The number of carbonyl (C=O) groups is 1. The molecule has 0 radical (unpaired) electrons. The van der Waals surface area contributed by atoms with Gasteiger partial charge in [0.25, 0.3) is 6.43 Å². The van der Waals surface area contributed by atoms with Crippen molar-refractivity contribution in [2.45, 2.75) is 18.7 Å². The van der Waals surface area contributed by atoms with Crippen LogP contribution in [0.15, 0.2) is 10.5 Å². The van der Waals surface area contributed by atoms with Crippen LogP contribution in [0.25, 0.3) is 0 Å². The second-order valence-corrected chi connectivity index (χ2v) is 4.42. The highest BCUT2D eigenvalue weighted by molar-refractivity contribution is 9.10. The van der Waals surface area contributed by atoms with E-state index in [1.54, 1.807) is 6.92 Å². The molecule has 94 valence electrons. The molecule has 0 unspecified atom stereocenters. The average molecular weight is 373 g/mol. The van der Waals surface area contributed by atoms with Crippen LogP contribution in [-0.2, 0) is 10.1 Å². The lowest BCUT2D eigenvalue weighted by Crippen LogP contribution is -2.10. The van der Waals surface area contributed by atoms with E-state index >= 15 is 0 Å². The SMILES string of the molecule is CCOC(=O)c1cc(Br)c(C(F)F)c(CBr)n1. The van der Waals surface area contributed by atoms with Crippen molar-refractivity contribution in [2.75, 3.05) is 6.61 Å². The number of hydrogen-bond acceptors (Lipinski definition) is 3. The number of aromatic nitrogens is 1. The van der Waals surface area contributed by atoms with Gasteiger partial charge in [-0.25, -0.2) is 18.6 Å². The van der Waals surface area contributed by atoms with Crippen LogP contribution in [-0.4, -0.2) is 17.6 Å². The number of rotatable bonds is 4. The molecule has 0 bridgehead atoms. The lowest BCUT2D eigenvalue weighted by atomic mass is 10.2. The van der Waals surface area contributed by atoms with Gasteiger partial charge in [0.05, 0.1) is 17.9 Å². The third-order valence-electron chi connectivity index (χ3n) is 1.92. The molecule has 0 aliphatic rings. The monoisotopic (exact) mass is 371 g/mol. The fourth-order valence-electron chi connectivity index (χ4n) is 1.22. The van der Waals surface area contributed by atoms with Gasteiger partial charge >= 0.3 is 5.97 Å². The number of pyridine rings is 1. The van der Waals surface area contributed by atoms with E-state index in [0.29, 0.717) is 0 Å². The molecule has 0 saturated carbocycles. The summed E-state index contributed by atoms with van der Waals surface area (Å²) in [5.74, 6) is -0.629. The van der Waals surface area contributed by atoms with Gasteiger partial charge in [-0.15, -0.1) is 0 Å². The Labute approximate surface area is 114 Å². The molecule has 3 nitrogen and oxygen atoms in total. The maximum atomic E-state index is 12.7. The third kappa shape index (κ3) is 3.45. The fraction of sp³-hybridized carbons (Fsp3) is 0.400. The van der Waals surface area contributed by atoms with Crippen LogP contribution in [0.1, 0.15) is 35.1 Å². The maximum Gasteiger partial charge on any atom is 0.356 e. The average Bonchev–Trinajstić information content (AvgIpc) is 2.27. The number of hydrogen-bond donors (Lipinski definition) is 0. The first kappa shape index (κ1) is 14.5. The van der Waals surface area contributed by atoms with Crippen molar-refractivity contribution in [1.82, 2.24) is 4.98 Å². The van der Waals surface area contributed by atoms with Gasteiger partial charge in [-0.1, -0.05) is 31.9 Å². The Hall–Kier alpha value is -0.560. The zero-order valence-corrected chi connectivity index (χ0v) is 12.0. The predicted octanol–water partition coefficient (Wildman–Crippen LogP) is 3.85. The molecule has 0 N–H and O–H groups in total. The molecule has 0 fully saturated rings. The molecule has 0 aromatic carbocycles. The summed E-state index contributed by atoms with van der Waals surface area (Å²) in [5, 5.41) is 0.137. The quantitative estimate of drug-likeness (QED) is 0.595. The topological polar surface area (TPSA) is 39.2 Å². The first-order valence-electron chi connectivity index (χ1n) is 4.71. The van der Waals surface area contributed by atoms with E-state index in [9.17, 15) is 13.6 Å². The van der Waals surface area contributed by atoms with Crippen molar-refractivity contribution in [1.29, 1.82) is 0 Å². The summed E-state index contributed by atoms with van der Waals surface area (Å²) in [6.07, 6.45) is -2.65. The van der Waals surface area contributed by atoms with Crippen molar-refractivity contribution >= 4 is 37.8 Å². The van der Waals surface area contributed by atoms with Crippen LogP contribution < -0.4 is 0 Å². The minimum absolute atomic E-state index is 0.0116. The summed E-state index contributed by atoms with van der Waals surface area (Å²) in [7, 11) is 0. The number of nitrogens with zero attached hydrogens (tertiary/aromatic N) is 1. The van der Waals surface area contributed by atoms with E-state index < -0.39 is 12.4 Å². The Morgan fingerprint density at radius 1 is 1.59 bits per heavy atom. The minimum Gasteiger partial charge on any atom is -0.461 e. The molecule has 17 heavy (non-hydrogen) atoms. The summed E-state index contributed by atoms with van der Waals surface area (Å²) in [6, 6.07) is 1.24. The molecule has 0 atom stereocenters. The highest BCUT2D eigenvalue weighted by Crippen LogP contribution is 2.31. The summed E-state index contributed by atoms with van der Waals surface area (Å²) >= 11 is 6.07. The van der Waals surface area contributed by atoms with Gasteiger partial charge in [0.1, 0.15) is 5.69 Å². The Morgan fingerprint density at radius 3 is 2.71 bits per heavy atom. The molecule has 1 rings (SSSR count). The van der Waals surface area contributed by atoms with Gasteiger partial charge in [0.15, 0.2) is 0 Å². The Kier molecular flexibility index (Phi) is 5.45. The number of esters is 1. The van der Waals surface area contributed by atoms with Gasteiger partial charge in [-0.2, -0.15) is 0 Å². The third-order valence-corrected chi connectivity index (χ3v) is 3.10. The smallest absolute Gasteiger partial charge is 0.356 e. The second-order valence-electron chi connectivity index (χ2n) is 3.00. The number of carbonyl (C=O) groups excluding carboxylic acids is 1. The van der Waals surface area contributed by atoms with Crippen molar-refractivity contribution in [3.05, 3.63) is 27.5 Å². The van der Waals surface area contributed by atoms with E-state index in [-0.39, 0.29) is 33.4 Å². The Morgan fingerprint density at radius 2 is 2.24 bits per heavy atom. The number of halogens is 4. The Balaban J connectivity index is 3.22. The molecule has 0 spiro atoms. The van der Waals surface area contributed by atoms with Crippen molar-refractivity contribution in [3.63, 3.8) is 0 Å². The van der Waals surface area contributed by atoms with Gasteiger partial charge in [-0.05, 0) is 13.0 Å². The first-order valence-corrected chi connectivity index (χ1v) is 6.63. The standard InChI is InChI=1S/C10H9Br2F2NO2/c1-2-17-10(16)6-3-5(12)8(9(13)14)7(4-11)15-6/h3,9H,2,4H2,1H3. The molecule has 7 heteroatoms. The van der Waals surface area contributed by atoms with E-state index in [1.165, 1.54) is 6.07 Å². The molecule has 1 aromatic rings. The maximum absolute atomic E-state index is 12.7. The molecule has 1 aromatic heterocycles. The lowest BCUT2D eigenvalue weighted by Gasteiger charge is -2.10. The van der Waals surface area contributed by atoms with Crippen LogP contribution in [0.5, 0.6) is 0 Å². The normalized spacial score (nSPS) is 10.7. The van der Waals surface area contributed by atoms with E-state index in [4.69, 9.17) is 4.74 Å². The number of ether oxygens (including phenoxy) is 1. The molecule has 0 aliphatic carbocycles. The molecular formula is C10H9Br2F2NO2. The van der Waals surface area contributed by atoms with Crippen molar-refractivity contribution < 1.29 is 18.3 Å². The highest BCUT2D eigenvalue weighted by Gasteiger charge is 2.21. The highest BCUT2D eigenvalue weighted by atomic mass is 79.9.